The zero-order valence-corrected chi connectivity index (χ0v) is 10.3. The van der Waals surface area contributed by atoms with Crippen LogP contribution in [0.2, 0.25) is 0 Å². The lowest BCUT2D eigenvalue weighted by Gasteiger charge is -2.20. The maximum absolute atomic E-state index is 12.1. The van der Waals surface area contributed by atoms with Crippen LogP contribution in [0.5, 0.6) is 0 Å². The van der Waals surface area contributed by atoms with Gasteiger partial charge in [0.15, 0.2) is 5.76 Å². The lowest BCUT2D eigenvalue weighted by Crippen LogP contribution is -2.32. The zero-order valence-electron chi connectivity index (χ0n) is 10.3. The molecule has 1 aliphatic heterocycles. The first-order valence-electron chi connectivity index (χ1n) is 6.03. The van der Waals surface area contributed by atoms with Crippen LogP contribution in [-0.2, 0) is 0 Å². The van der Waals surface area contributed by atoms with Gasteiger partial charge in [0.1, 0.15) is 0 Å². The van der Waals surface area contributed by atoms with Crippen LogP contribution in [-0.4, -0.2) is 35.0 Å². The summed E-state index contributed by atoms with van der Waals surface area (Å²) in [5.41, 5.74) is 0.353. The third-order valence-electron chi connectivity index (χ3n) is 4.44. The Labute approximate surface area is 104 Å². The molecule has 0 radical (unpaired) electrons. The Kier molecular flexibility index (Phi) is 2.12. The van der Waals surface area contributed by atoms with Crippen molar-refractivity contribution in [2.24, 2.45) is 17.3 Å². The van der Waals surface area contributed by atoms with Gasteiger partial charge >= 0.3 is 5.97 Å². The van der Waals surface area contributed by atoms with Crippen molar-refractivity contribution < 1.29 is 19.1 Å². The predicted octanol–water partition coefficient (Wildman–Crippen LogP) is 1.71. The van der Waals surface area contributed by atoms with Crippen molar-refractivity contribution in [2.75, 3.05) is 13.1 Å². The molecule has 1 saturated heterocycles. The quantitative estimate of drug-likeness (QED) is 0.866. The minimum atomic E-state index is -1.15. The molecule has 2 heterocycles. The molecule has 5 heteroatoms. The summed E-state index contributed by atoms with van der Waals surface area (Å²) >= 11 is 0. The summed E-state index contributed by atoms with van der Waals surface area (Å²) in [6, 6.07) is 2.75. The van der Waals surface area contributed by atoms with E-state index >= 15 is 0 Å². The Bertz CT molecular complexity index is 517. The Morgan fingerprint density at radius 2 is 1.83 bits per heavy atom. The molecular weight excluding hydrogens is 234 g/mol. The van der Waals surface area contributed by atoms with E-state index < -0.39 is 5.97 Å². The van der Waals surface area contributed by atoms with Crippen LogP contribution in [0.1, 0.15) is 35.0 Å². The molecule has 18 heavy (non-hydrogen) atoms. The van der Waals surface area contributed by atoms with Crippen molar-refractivity contribution in [1.82, 2.24) is 4.90 Å². The molecule has 2 fully saturated rings. The molecule has 0 bridgehead atoms. The van der Waals surface area contributed by atoms with Gasteiger partial charge in [-0.15, -0.1) is 0 Å². The highest BCUT2D eigenvalue weighted by Gasteiger charge is 2.62. The first kappa shape index (κ1) is 11.3. The highest BCUT2D eigenvalue weighted by Crippen LogP contribution is 2.62. The molecular formula is C13H15NO4. The summed E-state index contributed by atoms with van der Waals surface area (Å²) in [5, 5.41) is 8.74. The van der Waals surface area contributed by atoms with Crippen LogP contribution in [0.25, 0.3) is 0 Å². The molecule has 1 amide bonds. The highest BCUT2D eigenvalue weighted by molar-refractivity contribution is 5.93. The maximum atomic E-state index is 12.1. The van der Waals surface area contributed by atoms with Crippen molar-refractivity contribution in [3.8, 4) is 0 Å². The molecule has 2 unspecified atom stereocenters. The molecule has 1 aromatic heterocycles. The van der Waals surface area contributed by atoms with E-state index in [9.17, 15) is 9.59 Å². The second-order valence-electron chi connectivity index (χ2n) is 5.71. The van der Waals surface area contributed by atoms with Gasteiger partial charge in [-0.1, -0.05) is 13.8 Å². The number of hydrogen-bond donors (Lipinski definition) is 1. The van der Waals surface area contributed by atoms with E-state index in [4.69, 9.17) is 9.52 Å². The number of aromatic carboxylic acids is 1. The monoisotopic (exact) mass is 249 g/mol. The summed E-state index contributed by atoms with van der Waals surface area (Å²) in [6.45, 7) is 5.94. The minimum Gasteiger partial charge on any atom is -0.475 e. The number of furan rings is 1. The Balaban J connectivity index is 1.71. The van der Waals surface area contributed by atoms with Crippen molar-refractivity contribution in [3.63, 3.8) is 0 Å². The molecule has 5 nitrogen and oxygen atoms in total. The number of rotatable bonds is 2. The van der Waals surface area contributed by atoms with Crippen LogP contribution in [0, 0.1) is 17.3 Å². The third kappa shape index (κ3) is 1.46. The number of carbonyl (C=O) groups excluding carboxylic acids is 1. The fraction of sp³-hybridized carbons (Fsp3) is 0.538. The van der Waals surface area contributed by atoms with Gasteiger partial charge in [-0.05, 0) is 29.4 Å². The Morgan fingerprint density at radius 1 is 1.28 bits per heavy atom. The first-order chi connectivity index (χ1) is 8.41. The lowest BCUT2D eigenvalue weighted by atomic mass is 10.1. The van der Waals surface area contributed by atoms with E-state index in [1.165, 1.54) is 12.1 Å². The molecule has 96 valence electrons. The lowest BCUT2D eigenvalue weighted by molar-refractivity contribution is 0.0650. The van der Waals surface area contributed by atoms with E-state index in [-0.39, 0.29) is 17.4 Å². The fourth-order valence-corrected chi connectivity index (χ4v) is 3.02. The molecule has 2 atom stereocenters. The van der Waals surface area contributed by atoms with Crippen molar-refractivity contribution in [2.45, 2.75) is 13.8 Å². The second-order valence-corrected chi connectivity index (χ2v) is 5.71. The zero-order chi connectivity index (χ0) is 13.1. The third-order valence-corrected chi connectivity index (χ3v) is 4.44. The summed E-state index contributed by atoms with van der Waals surface area (Å²) in [6.07, 6.45) is 0. The topological polar surface area (TPSA) is 70.8 Å². The van der Waals surface area contributed by atoms with Gasteiger partial charge in [0.2, 0.25) is 5.76 Å². The fourth-order valence-electron chi connectivity index (χ4n) is 3.02. The minimum absolute atomic E-state index is 0.117. The summed E-state index contributed by atoms with van der Waals surface area (Å²) in [7, 11) is 0. The normalized spacial score (nSPS) is 28.0. The number of amides is 1. The van der Waals surface area contributed by atoms with Crippen molar-refractivity contribution >= 4 is 11.9 Å². The predicted molar refractivity (Wildman–Crippen MR) is 62.3 cm³/mol. The smallest absolute Gasteiger partial charge is 0.371 e. The first-order valence-corrected chi connectivity index (χ1v) is 6.03. The van der Waals surface area contributed by atoms with E-state index in [0.29, 0.717) is 17.3 Å². The standard InChI is InChI=1S/C13H15NO4/c1-13(2)7-5-14(6-8(7)13)11(15)9-3-4-10(18-9)12(16)17/h3-4,7-8H,5-6H2,1-2H3,(H,16,17). The summed E-state index contributed by atoms with van der Waals surface area (Å²) < 4.78 is 5.03. The van der Waals surface area contributed by atoms with Crippen LogP contribution in [0.3, 0.4) is 0 Å². The number of carboxylic acids is 1. The number of piperidine rings is 1. The van der Waals surface area contributed by atoms with Crippen LogP contribution >= 0.6 is 0 Å². The SMILES string of the molecule is CC1(C)C2CN(C(=O)c3ccc(C(=O)O)o3)CC21. The van der Waals surface area contributed by atoms with Gasteiger partial charge in [-0.3, -0.25) is 4.79 Å². The molecule has 2 aliphatic rings. The number of hydrogen-bond acceptors (Lipinski definition) is 3. The average Bonchev–Trinajstić information content (AvgIpc) is 2.82. The van der Waals surface area contributed by atoms with Crippen molar-refractivity contribution in [1.29, 1.82) is 0 Å². The van der Waals surface area contributed by atoms with Crippen LogP contribution in [0.15, 0.2) is 16.5 Å². The molecule has 1 aromatic rings. The van der Waals surface area contributed by atoms with E-state index in [1.54, 1.807) is 4.90 Å². The van der Waals surface area contributed by atoms with Gasteiger partial charge in [0.05, 0.1) is 0 Å². The van der Waals surface area contributed by atoms with E-state index in [1.807, 2.05) is 0 Å². The van der Waals surface area contributed by atoms with Gasteiger partial charge in [-0.25, -0.2) is 4.79 Å². The molecule has 1 aliphatic carbocycles. The molecule has 0 spiro atoms. The van der Waals surface area contributed by atoms with Gasteiger partial charge in [-0.2, -0.15) is 0 Å². The molecule has 1 saturated carbocycles. The average molecular weight is 249 g/mol. The molecule has 1 N–H and O–H groups in total. The second kappa shape index (κ2) is 3.37. The molecule has 0 aromatic carbocycles. The number of carbonyl (C=O) groups is 2. The summed E-state index contributed by atoms with van der Waals surface area (Å²) in [5.74, 6) is -0.273. The Hall–Kier alpha value is -1.78. The van der Waals surface area contributed by atoms with Gasteiger partial charge in [0.25, 0.3) is 5.91 Å². The number of fused-ring (bicyclic) bond motifs is 1. The molecule has 3 rings (SSSR count). The van der Waals surface area contributed by atoms with E-state index in [2.05, 4.69) is 13.8 Å². The van der Waals surface area contributed by atoms with Crippen LogP contribution < -0.4 is 0 Å². The maximum Gasteiger partial charge on any atom is 0.371 e. The largest absolute Gasteiger partial charge is 0.475 e. The van der Waals surface area contributed by atoms with Gasteiger partial charge < -0.3 is 14.4 Å². The number of nitrogens with zero attached hydrogens (tertiary/aromatic N) is 1. The summed E-state index contributed by atoms with van der Waals surface area (Å²) in [4.78, 5) is 24.5. The van der Waals surface area contributed by atoms with Crippen LogP contribution in [0.4, 0.5) is 0 Å². The van der Waals surface area contributed by atoms with Gasteiger partial charge in [0, 0.05) is 13.1 Å². The number of likely N-dealkylation sites (tertiary alicyclic amines) is 1. The Morgan fingerprint density at radius 3 is 2.33 bits per heavy atom. The number of carboxylic acid groups (broad SMARTS) is 1. The van der Waals surface area contributed by atoms with E-state index in [0.717, 1.165) is 13.1 Å². The highest BCUT2D eigenvalue weighted by atomic mass is 16.4. The van der Waals surface area contributed by atoms with Crippen molar-refractivity contribution in [3.05, 3.63) is 23.7 Å².